The van der Waals surface area contributed by atoms with Gasteiger partial charge in [-0.2, -0.15) is 0 Å². The fourth-order valence-electron chi connectivity index (χ4n) is 3.55. The Morgan fingerprint density at radius 1 is 1.14 bits per heavy atom. The first-order chi connectivity index (χ1) is 13.7. The fourth-order valence-corrected chi connectivity index (χ4v) is 3.55. The van der Waals surface area contributed by atoms with Gasteiger partial charge in [0.1, 0.15) is 5.75 Å². The molecule has 2 N–H and O–H groups in total. The van der Waals surface area contributed by atoms with Gasteiger partial charge in [-0.1, -0.05) is 49.4 Å². The molecule has 5 heteroatoms. The first-order valence-corrected chi connectivity index (χ1v) is 10.1. The molecule has 0 radical (unpaired) electrons. The zero-order valence-corrected chi connectivity index (χ0v) is 16.5. The standard InChI is InChI=1S/C23H30N2O3/c1-2-16-28-21-10-8-18(9-11-21)17-24-23(27)25-14-12-20(13-15-25)22(26)19-6-4-3-5-7-19/h3-11,20,22,26H,2,12-17H2,1H3,(H,24,27). The second-order valence-electron chi connectivity index (χ2n) is 7.33. The highest BCUT2D eigenvalue weighted by Gasteiger charge is 2.28. The van der Waals surface area contributed by atoms with Gasteiger partial charge in [-0.25, -0.2) is 4.79 Å². The van der Waals surface area contributed by atoms with Crippen molar-refractivity contribution in [2.75, 3.05) is 19.7 Å². The molecule has 0 saturated carbocycles. The predicted octanol–water partition coefficient (Wildman–Crippen LogP) is 4.13. The van der Waals surface area contributed by atoms with E-state index in [1.165, 1.54) is 0 Å². The lowest BCUT2D eigenvalue weighted by molar-refractivity contribution is 0.0665. The zero-order chi connectivity index (χ0) is 19.8. The second-order valence-corrected chi connectivity index (χ2v) is 7.33. The summed E-state index contributed by atoms with van der Waals surface area (Å²) in [6, 6.07) is 17.6. The van der Waals surface area contributed by atoms with Crippen molar-refractivity contribution in [3.05, 3.63) is 65.7 Å². The summed E-state index contributed by atoms with van der Waals surface area (Å²) in [5, 5.41) is 13.6. The predicted molar refractivity (Wildman–Crippen MR) is 110 cm³/mol. The first-order valence-electron chi connectivity index (χ1n) is 10.1. The van der Waals surface area contributed by atoms with E-state index >= 15 is 0 Å². The lowest BCUT2D eigenvalue weighted by Crippen LogP contribution is -2.44. The number of aliphatic hydroxyl groups excluding tert-OH is 1. The lowest BCUT2D eigenvalue weighted by Gasteiger charge is -2.34. The summed E-state index contributed by atoms with van der Waals surface area (Å²) >= 11 is 0. The summed E-state index contributed by atoms with van der Waals surface area (Å²) in [4.78, 5) is 14.3. The molecule has 1 unspecified atom stereocenters. The number of hydrogen-bond acceptors (Lipinski definition) is 3. The molecule has 2 aromatic carbocycles. The van der Waals surface area contributed by atoms with Crippen LogP contribution in [-0.4, -0.2) is 35.7 Å². The summed E-state index contributed by atoms with van der Waals surface area (Å²) in [6.45, 7) is 4.63. The van der Waals surface area contributed by atoms with E-state index in [1.807, 2.05) is 59.5 Å². The number of rotatable bonds is 7. The molecule has 1 atom stereocenters. The molecular formula is C23H30N2O3. The Morgan fingerprint density at radius 3 is 2.46 bits per heavy atom. The van der Waals surface area contributed by atoms with Crippen LogP contribution in [0.1, 0.15) is 43.4 Å². The van der Waals surface area contributed by atoms with Crippen molar-refractivity contribution in [3.63, 3.8) is 0 Å². The number of carbonyl (C=O) groups excluding carboxylic acids is 1. The smallest absolute Gasteiger partial charge is 0.317 e. The summed E-state index contributed by atoms with van der Waals surface area (Å²) in [6.07, 6.45) is 2.15. The number of piperidine rings is 1. The molecular weight excluding hydrogens is 352 g/mol. The van der Waals surface area contributed by atoms with Crippen molar-refractivity contribution in [1.82, 2.24) is 10.2 Å². The Morgan fingerprint density at radius 2 is 1.82 bits per heavy atom. The minimum Gasteiger partial charge on any atom is -0.494 e. The van der Waals surface area contributed by atoms with Gasteiger partial charge in [0.25, 0.3) is 0 Å². The van der Waals surface area contributed by atoms with Crippen molar-refractivity contribution >= 4 is 6.03 Å². The number of nitrogens with zero attached hydrogens (tertiary/aromatic N) is 1. The number of amides is 2. The van der Waals surface area contributed by atoms with E-state index in [4.69, 9.17) is 4.74 Å². The number of nitrogens with one attached hydrogen (secondary N) is 1. The molecule has 28 heavy (non-hydrogen) atoms. The number of carbonyl (C=O) groups is 1. The van der Waals surface area contributed by atoms with Crippen LogP contribution in [0.3, 0.4) is 0 Å². The van der Waals surface area contributed by atoms with Crippen LogP contribution in [0.25, 0.3) is 0 Å². The van der Waals surface area contributed by atoms with Crippen LogP contribution in [0.5, 0.6) is 5.75 Å². The van der Waals surface area contributed by atoms with Crippen molar-refractivity contribution in [3.8, 4) is 5.75 Å². The Kier molecular flexibility index (Phi) is 7.31. The topological polar surface area (TPSA) is 61.8 Å². The summed E-state index contributed by atoms with van der Waals surface area (Å²) in [5.74, 6) is 1.05. The second kappa shape index (κ2) is 10.1. The van der Waals surface area contributed by atoms with Gasteiger partial charge in [0, 0.05) is 19.6 Å². The van der Waals surface area contributed by atoms with Crippen LogP contribution in [0, 0.1) is 5.92 Å². The maximum absolute atomic E-state index is 12.5. The largest absolute Gasteiger partial charge is 0.494 e. The van der Waals surface area contributed by atoms with Gasteiger partial charge in [0.15, 0.2) is 0 Å². The maximum Gasteiger partial charge on any atom is 0.317 e. The summed E-state index contributed by atoms with van der Waals surface area (Å²) in [5.41, 5.74) is 2.00. The van der Waals surface area contributed by atoms with Crippen LogP contribution < -0.4 is 10.1 Å². The molecule has 2 aromatic rings. The van der Waals surface area contributed by atoms with Gasteiger partial charge in [-0.15, -0.1) is 0 Å². The van der Waals surface area contributed by atoms with E-state index in [0.29, 0.717) is 26.2 Å². The van der Waals surface area contributed by atoms with Crippen LogP contribution in [-0.2, 0) is 6.54 Å². The third-order valence-electron chi connectivity index (χ3n) is 5.25. The Bertz CT molecular complexity index is 725. The molecule has 1 aliphatic heterocycles. The van der Waals surface area contributed by atoms with Crippen molar-refractivity contribution in [1.29, 1.82) is 0 Å². The van der Waals surface area contributed by atoms with Gasteiger partial charge in [0.05, 0.1) is 12.7 Å². The van der Waals surface area contributed by atoms with E-state index in [1.54, 1.807) is 0 Å². The summed E-state index contributed by atoms with van der Waals surface area (Å²) < 4.78 is 5.58. The first kappa shape index (κ1) is 20.2. The molecule has 3 rings (SSSR count). The monoisotopic (exact) mass is 382 g/mol. The Balaban J connectivity index is 1.42. The van der Waals surface area contributed by atoms with E-state index in [-0.39, 0.29) is 11.9 Å². The molecule has 1 aliphatic rings. The third kappa shape index (κ3) is 5.49. The third-order valence-corrected chi connectivity index (χ3v) is 5.25. The van der Waals surface area contributed by atoms with E-state index in [2.05, 4.69) is 12.2 Å². The molecule has 0 spiro atoms. The van der Waals surface area contributed by atoms with Gasteiger partial charge >= 0.3 is 6.03 Å². The summed E-state index contributed by atoms with van der Waals surface area (Å²) in [7, 11) is 0. The van der Waals surface area contributed by atoms with Gasteiger partial charge in [-0.05, 0) is 48.4 Å². The number of hydrogen-bond donors (Lipinski definition) is 2. The van der Waals surface area contributed by atoms with Crippen LogP contribution in [0.2, 0.25) is 0 Å². The van der Waals surface area contributed by atoms with E-state index < -0.39 is 6.10 Å². The van der Waals surface area contributed by atoms with Gasteiger partial charge < -0.3 is 20.1 Å². The lowest BCUT2D eigenvalue weighted by atomic mass is 9.87. The Hall–Kier alpha value is -2.53. The van der Waals surface area contributed by atoms with Crippen molar-refractivity contribution < 1.29 is 14.6 Å². The van der Waals surface area contributed by atoms with Gasteiger partial charge in [0.2, 0.25) is 0 Å². The zero-order valence-electron chi connectivity index (χ0n) is 16.5. The minimum absolute atomic E-state index is 0.0426. The molecule has 1 fully saturated rings. The highest BCUT2D eigenvalue weighted by molar-refractivity contribution is 5.74. The molecule has 0 aliphatic carbocycles. The van der Waals surface area contributed by atoms with Crippen molar-refractivity contribution in [2.24, 2.45) is 5.92 Å². The quantitative estimate of drug-likeness (QED) is 0.757. The molecule has 0 bridgehead atoms. The number of benzene rings is 2. The molecule has 1 saturated heterocycles. The van der Waals surface area contributed by atoms with Crippen LogP contribution in [0.4, 0.5) is 4.79 Å². The molecule has 1 heterocycles. The highest BCUT2D eigenvalue weighted by atomic mass is 16.5. The molecule has 0 aromatic heterocycles. The molecule has 2 amide bonds. The Labute approximate surface area is 167 Å². The van der Waals surface area contributed by atoms with Gasteiger partial charge in [-0.3, -0.25) is 0 Å². The van der Waals surface area contributed by atoms with Crippen LogP contribution in [0.15, 0.2) is 54.6 Å². The highest BCUT2D eigenvalue weighted by Crippen LogP contribution is 2.30. The molecule has 5 nitrogen and oxygen atoms in total. The average Bonchev–Trinajstić information content (AvgIpc) is 2.77. The number of urea groups is 1. The average molecular weight is 383 g/mol. The normalized spacial score (nSPS) is 15.9. The fraction of sp³-hybridized carbons (Fsp3) is 0.435. The van der Waals surface area contributed by atoms with Crippen molar-refractivity contribution in [2.45, 2.75) is 38.8 Å². The SMILES string of the molecule is CCCOc1ccc(CNC(=O)N2CCC(C(O)c3ccccc3)CC2)cc1. The molecule has 150 valence electrons. The number of likely N-dealkylation sites (tertiary alicyclic amines) is 1. The van der Waals surface area contributed by atoms with Crippen LogP contribution >= 0.6 is 0 Å². The number of ether oxygens (including phenoxy) is 1. The van der Waals surface area contributed by atoms with E-state index in [0.717, 1.165) is 36.1 Å². The maximum atomic E-state index is 12.5. The number of aliphatic hydroxyl groups is 1. The van der Waals surface area contributed by atoms with E-state index in [9.17, 15) is 9.90 Å². The minimum atomic E-state index is -0.458.